The number of nitrogens with one attached hydrogen (secondary N) is 1. The molecule has 5 nitrogen and oxygen atoms in total. The molecule has 0 radical (unpaired) electrons. The minimum absolute atomic E-state index is 0. The van der Waals surface area contributed by atoms with E-state index in [4.69, 9.17) is 26.8 Å². The highest BCUT2D eigenvalue weighted by atomic mass is 35.5. The van der Waals surface area contributed by atoms with Crippen molar-refractivity contribution in [3.8, 4) is 5.75 Å². The Kier molecular flexibility index (Phi) is 8.13. The van der Waals surface area contributed by atoms with Crippen LogP contribution in [0.25, 0.3) is 0 Å². The average Bonchev–Trinajstić information content (AvgIpc) is 2.54. The van der Waals surface area contributed by atoms with Crippen molar-refractivity contribution in [2.75, 3.05) is 26.0 Å². The van der Waals surface area contributed by atoms with E-state index in [1.54, 1.807) is 12.1 Å². The first-order valence-electron chi connectivity index (χ1n) is 7.96. The second-order valence-electron chi connectivity index (χ2n) is 6.27. The summed E-state index contributed by atoms with van der Waals surface area (Å²) in [5.41, 5.74) is 6.53. The normalized spacial score (nSPS) is 20.4. The molecule has 1 aliphatic heterocycles. The number of methoxy groups -OCH3 is 1. The Morgan fingerprint density at radius 2 is 2.21 bits per heavy atom. The minimum atomic E-state index is -0.211. The van der Waals surface area contributed by atoms with Crippen LogP contribution in [0.2, 0.25) is 5.02 Å². The lowest BCUT2D eigenvalue weighted by Gasteiger charge is -2.34. The molecule has 0 bridgehead atoms. The van der Waals surface area contributed by atoms with Crippen LogP contribution in [0.15, 0.2) is 12.1 Å². The summed E-state index contributed by atoms with van der Waals surface area (Å²) in [4.78, 5) is 12.5. The van der Waals surface area contributed by atoms with Crippen molar-refractivity contribution in [1.82, 2.24) is 5.32 Å². The van der Waals surface area contributed by atoms with Gasteiger partial charge in [-0.3, -0.25) is 4.79 Å². The molecule has 2 atom stereocenters. The molecule has 1 amide bonds. The number of nitrogen functional groups attached to an aromatic ring is 1. The molecular formula is C17H26Cl2N2O3. The lowest BCUT2D eigenvalue weighted by atomic mass is 9.87. The van der Waals surface area contributed by atoms with Crippen molar-refractivity contribution in [2.24, 2.45) is 11.8 Å². The van der Waals surface area contributed by atoms with E-state index >= 15 is 0 Å². The van der Waals surface area contributed by atoms with Crippen molar-refractivity contribution in [3.63, 3.8) is 0 Å². The summed E-state index contributed by atoms with van der Waals surface area (Å²) in [6.07, 6.45) is 2.27. The highest BCUT2D eigenvalue weighted by Gasteiger charge is 2.29. The molecular weight excluding hydrogens is 351 g/mol. The lowest BCUT2D eigenvalue weighted by Crippen LogP contribution is -2.41. The van der Waals surface area contributed by atoms with E-state index in [1.165, 1.54) is 7.11 Å². The number of benzene rings is 1. The molecule has 24 heavy (non-hydrogen) atoms. The molecule has 0 aliphatic carbocycles. The highest BCUT2D eigenvalue weighted by molar-refractivity contribution is 6.33. The Labute approximate surface area is 154 Å². The van der Waals surface area contributed by atoms with Gasteiger partial charge in [0.05, 0.1) is 29.5 Å². The van der Waals surface area contributed by atoms with Crippen LogP contribution >= 0.6 is 24.0 Å². The fourth-order valence-corrected chi connectivity index (χ4v) is 3.22. The molecule has 1 aromatic carbocycles. The topological polar surface area (TPSA) is 73.6 Å². The van der Waals surface area contributed by atoms with Gasteiger partial charge < -0.3 is 20.5 Å². The predicted molar refractivity (Wildman–Crippen MR) is 99.3 cm³/mol. The molecule has 0 spiro atoms. The third-order valence-corrected chi connectivity index (χ3v) is 4.57. The standard InChI is InChI=1S/C17H25ClN2O3.ClH/c1-10(2)16-11(5-4-6-23-16)9-20-17(21)12-7-13(18)14(19)8-15(12)22-3;/h7-8,10-11,16H,4-6,9,19H2,1-3H3,(H,20,21);1H. The lowest BCUT2D eigenvalue weighted by molar-refractivity contribution is -0.0510. The van der Waals surface area contributed by atoms with E-state index in [0.29, 0.717) is 40.4 Å². The van der Waals surface area contributed by atoms with Crippen LogP contribution < -0.4 is 15.8 Å². The fourth-order valence-electron chi connectivity index (χ4n) is 3.05. The SMILES string of the molecule is COc1cc(N)c(Cl)cc1C(=O)NCC1CCCOC1C(C)C.Cl. The van der Waals surface area contributed by atoms with Crippen LogP contribution in [0.5, 0.6) is 5.75 Å². The van der Waals surface area contributed by atoms with E-state index < -0.39 is 0 Å². The number of amides is 1. The number of carbonyl (C=O) groups excluding carboxylic acids is 1. The van der Waals surface area contributed by atoms with Crippen molar-refractivity contribution in [2.45, 2.75) is 32.8 Å². The second-order valence-corrected chi connectivity index (χ2v) is 6.67. The van der Waals surface area contributed by atoms with Crippen LogP contribution in [0.4, 0.5) is 5.69 Å². The van der Waals surface area contributed by atoms with E-state index in [1.807, 2.05) is 0 Å². The molecule has 2 rings (SSSR count). The largest absolute Gasteiger partial charge is 0.496 e. The van der Waals surface area contributed by atoms with Crippen LogP contribution in [0.1, 0.15) is 37.0 Å². The maximum atomic E-state index is 12.5. The van der Waals surface area contributed by atoms with E-state index in [9.17, 15) is 4.79 Å². The van der Waals surface area contributed by atoms with Crippen molar-refractivity contribution in [3.05, 3.63) is 22.7 Å². The Hall–Kier alpha value is -1.17. The van der Waals surface area contributed by atoms with E-state index in [-0.39, 0.29) is 24.4 Å². The molecule has 7 heteroatoms. The fraction of sp³-hybridized carbons (Fsp3) is 0.588. The summed E-state index contributed by atoms with van der Waals surface area (Å²) in [6, 6.07) is 3.11. The molecule has 136 valence electrons. The Morgan fingerprint density at radius 1 is 1.50 bits per heavy atom. The smallest absolute Gasteiger partial charge is 0.255 e. The summed E-state index contributed by atoms with van der Waals surface area (Å²) >= 11 is 6.02. The molecule has 1 aliphatic rings. The predicted octanol–water partition coefficient (Wildman–Crippen LogP) is 3.53. The molecule has 1 aromatic rings. The zero-order valence-electron chi connectivity index (χ0n) is 14.3. The minimum Gasteiger partial charge on any atom is -0.496 e. The van der Waals surface area contributed by atoms with Gasteiger partial charge in [0.25, 0.3) is 5.91 Å². The van der Waals surface area contributed by atoms with Gasteiger partial charge in [-0.25, -0.2) is 0 Å². The maximum Gasteiger partial charge on any atom is 0.255 e. The summed E-state index contributed by atoms with van der Waals surface area (Å²) in [5.74, 6) is 0.960. The molecule has 3 N–H and O–H groups in total. The summed E-state index contributed by atoms with van der Waals surface area (Å²) < 4.78 is 11.1. The van der Waals surface area contributed by atoms with E-state index in [2.05, 4.69) is 19.2 Å². The van der Waals surface area contributed by atoms with Gasteiger partial charge in [-0.15, -0.1) is 12.4 Å². The van der Waals surface area contributed by atoms with Gasteiger partial charge in [0.2, 0.25) is 0 Å². The number of rotatable bonds is 5. The van der Waals surface area contributed by atoms with Crippen LogP contribution in [-0.2, 0) is 4.74 Å². The first kappa shape index (κ1) is 20.9. The number of halogens is 2. The van der Waals surface area contributed by atoms with Gasteiger partial charge in [0, 0.05) is 25.1 Å². The monoisotopic (exact) mass is 376 g/mol. The first-order chi connectivity index (χ1) is 10.9. The van der Waals surface area contributed by atoms with Crippen LogP contribution in [0.3, 0.4) is 0 Å². The Balaban J connectivity index is 0.00000288. The maximum absolute atomic E-state index is 12.5. The number of carbonyl (C=O) groups is 1. The highest BCUT2D eigenvalue weighted by Crippen LogP contribution is 2.29. The van der Waals surface area contributed by atoms with Gasteiger partial charge in [-0.2, -0.15) is 0 Å². The summed E-state index contributed by atoms with van der Waals surface area (Å²) in [7, 11) is 1.50. The third kappa shape index (κ3) is 4.91. The number of hydrogen-bond acceptors (Lipinski definition) is 4. The second kappa shape index (κ2) is 9.35. The Bertz CT molecular complexity index is 567. The number of hydrogen-bond donors (Lipinski definition) is 2. The first-order valence-corrected chi connectivity index (χ1v) is 8.34. The van der Waals surface area contributed by atoms with Gasteiger partial charge >= 0.3 is 0 Å². The molecule has 1 saturated heterocycles. The average molecular weight is 377 g/mol. The molecule has 0 aromatic heterocycles. The zero-order chi connectivity index (χ0) is 17.0. The van der Waals surface area contributed by atoms with Gasteiger partial charge in [0.1, 0.15) is 5.75 Å². The van der Waals surface area contributed by atoms with Crippen molar-refractivity contribution in [1.29, 1.82) is 0 Å². The molecule has 1 fully saturated rings. The summed E-state index contributed by atoms with van der Waals surface area (Å²) in [6.45, 7) is 5.67. The van der Waals surface area contributed by atoms with Crippen molar-refractivity contribution < 1.29 is 14.3 Å². The molecule has 2 unspecified atom stereocenters. The van der Waals surface area contributed by atoms with Crippen LogP contribution in [-0.4, -0.2) is 32.3 Å². The van der Waals surface area contributed by atoms with Crippen molar-refractivity contribution >= 4 is 35.6 Å². The van der Waals surface area contributed by atoms with Gasteiger partial charge in [-0.05, 0) is 24.8 Å². The zero-order valence-corrected chi connectivity index (χ0v) is 15.9. The molecule has 0 saturated carbocycles. The van der Waals surface area contributed by atoms with Gasteiger partial charge in [-0.1, -0.05) is 25.4 Å². The van der Waals surface area contributed by atoms with Gasteiger partial charge in [0.15, 0.2) is 0 Å². The third-order valence-electron chi connectivity index (χ3n) is 4.24. The number of nitrogens with two attached hydrogens (primary N) is 1. The van der Waals surface area contributed by atoms with Crippen LogP contribution in [0, 0.1) is 11.8 Å². The number of ether oxygens (including phenoxy) is 2. The summed E-state index contributed by atoms with van der Waals surface area (Å²) in [5, 5.41) is 3.32. The Morgan fingerprint density at radius 3 is 2.83 bits per heavy atom. The molecule has 1 heterocycles. The quantitative estimate of drug-likeness (QED) is 0.770. The number of anilines is 1. The van der Waals surface area contributed by atoms with E-state index in [0.717, 1.165) is 19.4 Å².